The first-order valence-electron chi connectivity index (χ1n) is 9.36. The van der Waals surface area contributed by atoms with E-state index in [2.05, 4.69) is 22.0 Å². The topological polar surface area (TPSA) is 94.4 Å². The SMILES string of the molecule is Cc1cc(-n2ccc(-c3nccs3)n2)c2c(n1)N(c1ccc(C#N)cc1C#N)CC2. The van der Waals surface area contributed by atoms with E-state index in [1.165, 1.54) is 0 Å². The maximum absolute atomic E-state index is 9.60. The van der Waals surface area contributed by atoms with E-state index in [0.717, 1.165) is 45.6 Å². The Morgan fingerprint density at radius 1 is 1.10 bits per heavy atom. The average Bonchev–Trinajstić information content (AvgIpc) is 3.52. The summed E-state index contributed by atoms with van der Waals surface area (Å²) < 4.78 is 1.87. The van der Waals surface area contributed by atoms with E-state index in [4.69, 9.17) is 15.3 Å². The standard InChI is InChI=1S/C22H15N7S/c1-14-10-20(29-8-5-18(27-29)22-25-6-9-30-22)17-4-7-28(21(17)26-14)19-3-2-15(12-23)11-16(19)13-24/h2-3,5-6,8-11H,4,7H2,1H3. The predicted molar refractivity (Wildman–Crippen MR) is 114 cm³/mol. The first-order chi connectivity index (χ1) is 14.7. The molecular formula is C22H15N7S. The van der Waals surface area contributed by atoms with Crippen LogP contribution >= 0.6 is 11.3 Å². The molecule has 0 radical (unpaired) electrons. The molecule has 8 heteroatoms. The number of hydrogen-bond donors (Lipinski definition) is 0. The summed E-state index contributed by atoms with van der Waals surface area (Å²) in [5.41, 5.74) is 5.48. The first kappa shape index (κ1) is 18.0. The molecule has 30 heavy (non-hydrogen) atoms. The van der Waals surface area contributed by atoms with Crippen molar-refractivity contribution in [3.63, 3.8) is 0 Å². The van der Waals surface area contributed by atoms with Gasteiger partial charge in [-0.3, -0.25) is 0 Å². The Bertz CT molecular complexity index is 1340. The number of nitriles is 2. The van der Waals surface area contributed by atoms with Crippen LogP contribution in [0, 0.1) is 29.6 Å². The summed E-state index contributed by atoms with van der Waals surface area (Å²) >= 11 is 1.56. The minimum absolute atomic E-state index is 0.469. The lowest BCUT2D eigenvalue weighted by Gasteiger charge is -2.20. The number of benzene rings is 1. The highest BCUT2D eigenvalue weighted by molar-refractivity contribution is 7.13. The molecule has 4 heterocycles. The molecule has 1 aliphatic rings. The number of aryl methyl sites for hydroxylation is 1. The van der Waals surface area contributed by atoms with Crippen molar-refractivity contribution >= 4 is 22.8 Å². The molecule has 0 spiro atoms. The first-order valence-corrected chi connectivity index (χ1v) is 10.2. The quantitative estimate of drug-likeness (QED) is 0.505. The fourth-order valence-corrected chi connectivity index (χ4v) is 4.35. The summed E-state index contributed by atoms with van der Waals surface area (Å²) in [6.07, 6.45) is 4.50. The smallest absolute Gasteiger partial charge is 0.143 e. The van der Waals surface area contributed by atoms with Gasteiger partial charge in [-0.1, -0.05) is 0 Å². The summed E-state index contributed by atoms with van der Waals surface area (Å²) in [6, 6.07) is 13.5. The van der Waals surface area contributed by atoms with Crippen LogP contribution in [0.2, 0.25) is 0 Å². The van der Waals surface area contributed by atoms with Crippen LogP contribution in [0.1, 0.15) is 22.4 Å². The van der Waals surface area contributed by atoms with Gasteiger partial charge < -0.3 is 4.90 Å². The Kier molecular flexibility index (Phi) is 4.27. The van der Waals surface area contributed by atoms with Crippen LogP contribution in [0.4, 0.5) is 11.5 Å². The molecule has 0 amide bonds. The largest absolute Gasteiger partial charge is 0.325 e. The summed E-state index contributed by atoms with van der Waals surface area (Å²) in [5, 5.41) is 26.3. The average molecular weight is 409 g/mol. The lowest BCUT2D eigenvalue weighted by molar-refractivity contribution is 0.864. The second-order valence-electron chi connectivity index (χ2n) is 6.92. The van der Waals surface area contributed by atoms with Crippen molar-refractivity contribution in [2.45, 2.75) is 13.3 Å². The second-order valence-corrected chi connectivity index (χ2v) is 7.82. The molecule has 3 aromatic heterocycles. The number of thiazole rings is 1. The Labute approximate surface area is 177 Å². The van der Waals surface area contributed by atoms with Gasteiger partial charge in [0.1, 0.15) is 22.6 Å². The van der Waals surface area contributed by atoms with Crippen LogP contribution in [0.5, 0.6) is 0 Å². The zero-order valence-corrected chi connectivity index (χ0v) is 16.9. The molecule has 0 unspecified atom stereocenters. The molecule has 0 N–H and O–H groups in total. The summed E-state index contributed by atoms with van der Waals surface area (Å²) in [5.74, 6) is 0.831. The van der Waals surface area contributed by atoms with Gasteiger partial charge in [-0.25, -0.2) is 14.6 Å². The summed E-state index contributed by atoms with van der Waals surface area (Å²) in [6.45, 7) is 2.66. The van der Waals surface area contributed by atoms with E-state index in [9.17, 15) is 5.26 Å². The fraction of sp³-hybridized carbons (Fsp3) is 0.136. The molecule has 0 atom stereocenters. The molecule has 144 valence electrons. The Balaban J connectivity index is 1.60. The predicted octanol–water partition coefficient (Wildman–Crippen LogP) is 4.14. The fourth-order valence-electron chi connectivity index (χ4n) is 3.75. The molecule has 5 rings (SSSR count). The molecule has 4 aromatic rings. The maximum atomic E-state index is 9.60. The van der Waals surface area contributed by atoms with Gasteiger partial charge in [0.25, 0.3) is 0 Å². The third kappa shape index (κ3) is 2.91. The van der Waals surface area contributed by atoms with Crippen molar-refractivity contribution in [2.24, 2.45) is 0 Å². The number of pyridine rings is 1. The third-order valence-corrected chi connectivity index (χ3v) is 5.87. The number of fused-ring (bicyclic) bond motifs is 1. The van der Waals surface area contributed by atoms with E-state index in [0.29, 0.717) is 17.7 Å². The van der Waals surface area contributed by atoms with Gasteiger partial charge in [-0.05, 0) is 43.7 Å². The van der Waals surface area contributed by atoms with E-state index < -0.39 is 0 Å². The van der Waals surface area contributed by atoms with Gasteiger partial charge in [0, 0.05) is 35.6 Å². The zero-order valence-electron chi connectivity index (χ0n) is 16.1. The zero-order chi connectivity index (χ0) is 20.7. The molecular weight excluding hydrogens is 394 g/mol. The molecule has 0 fully saturated rings. The molecule has 0 aliphatic carbocycles. The molecule has 0 saturated heterocycles. The van der Waals surface area contributed by atoms with Gasteiger partial charge in [0.2, 0.25) is 0 Å². The van der Waals surface area contributed by atoms with Crippen LogP contribution in [0.25, 0.3) is 16.4 Å². The lowest BCUT2D eigenvalue weighted by Crippen LogP contribution is -2.16. The van der Waals surface area contributed by atoms with E-state index in [1.807, 2.05) is 41.4 Å². The van der Waals surface area contributed by atoms with Crippen molar-refractivity contribution < 1.29 is 0 Å². The second kappa shape index (κ2) is 7.11. The van der Waals surface area contributed by atoms with Gasteiger partial charge in [0.05, 0.1) is 28.6 Å². The van der Waals surface area contributed by atoms with Crippen LogP contribution in [-0.4, -0.2) is 26.3 Å². The number of aromatic nitrogens is 4. The van der Waals surface area contributed by atoms with E-state index >= 15 is 0 Å². The Morgan fingerprint density at radius 2 is 2.00 bits per heavy atom. The van der Waals surface area contributed by atoms with Crippen molar-refractivity contribution in [1.82, 2.24) is 19.7 Å². The third-order valence-electron chi connectivity index (χ3n) is 5.07. The normalized spacial score (nSPS) is 12.4. The minimum Gasteiger partial charge on any atom is -0.325 e. The van der Waals surface area contributed by atoms with Crippen LogP contribution in [0.15, 0.2) is 48.1 Å². The van der Waals surface area contributed by atoms with Crippen LogP contribution < -0.4 is 4.90 Å². The highest BCUT2D eigenvalue weighted by Crippen LogP contribution is 2.38. The van der Waals surface area contributed by atoms with Crippen molar-refractivity contribution in [2.75, 3.05) is 11.4 Å². The Morgan fingerprint density at radius 3 is 2.77 bits per heavy atom. The molecule has 1 aliphatic heterocycles. The van der Waals surface area contributed by atoms with Crippen molar-refractivity contribution in [3.05, 3.63) is 70.5 Å². The molecule has 1 aromatic carbocycles. The van der Waals surface area contributed by atoms with Crippen LogP contribution in [-0.2, 0) is 6.42 Å². The number of hydrogen-bond acceptors (Lipinski definition) is 7. The van der Waals surface area contributed by atoms with Crippen LogP contribution in [0.3, 0.4) is 0 Å². The van der Waals surface area contributed by atoms with Gasteiger partial charge in [0.15, 0.2) is 0 Å². The van der Waals surface area contributed by atoms with Gasteiger partial charge >= 0.3 is 0 Å². The lowest BCUT2D eigenvalue weighted by atomic mass is 10.1. The van der Waals surface area contributed by atoms with E-state index in [-0.39, 0.29) is 0 Å². The monoisotopic (exact) mass is 409 g/mol. The number of rotatable bonds is 3. The molecule has 0 bridgehead atoms. The molecule has 0 saturated carbocycles. The minimum atomic E-state index is 0.469. The van der Waals surface area contributed by atoms with Gasteiger partial charge in [-0.15, -0.1) is 11.3 Å². The highest BCUT2D eigenvalue weighted by atomic mass is 32.1. The summed E-state index contributed by atoms with van der Waals surface area (Å²) in [4.78, 5) is 11.2. The van der Waals surface area contributed by atoms with Crippen molar-refractivity contribution in [1.29, 1.82) is 10.5 Å². The summed E-state index contributed by atoms with van der Waals surface area (Å²) in [7, 11) is 0. The molecule has 7 nitrogen and oxygen atoms in total. The van der Waals surface area contributed by atoms with Crippen molar-refractivity contribution in [3.8, 4) is 28.5 Å². The number of nitrogens with zero attached hydrogens (tertiary/aromatic N) is 7. The maximum Gasteiger partial charge on any atom is 0.143 e. The number of anilines is 2. The van der Waals surface area contributed by atoms with E-state index in [1.54, 1.807) is 29.7 Å². The van der Waals surface area contributed by atoms with Gasteiger partial charge in [-0.2, -0.15) is 15.6 Å². The Hall–Kier alpha value is -4.01. The highest BCUT2D eigenvalue weighted by Gasteiger charge is 2.28.